The highest BCUT2D eigenvalue weighted by molar-refractivity contribution is 5.28. The summed E-state index contributed by atoms with van der Waals surface area (Å²) in [6.45, 7) is 10.8. The van der Waals surface area contributed by atoms with E-state index in [1.807, 2.05) is 0 Å². The highest BCUT2D eigenvalue weighted by Gasteiger charge is 2.01. The van der Waals surface area contributed by atoms with Gasteiger partial charge in [0.15, 0.2) is 0 Å². The number of ether oxygens (including phenoxy) is 1. The van der Waals surface area contributed by atoms with Gasteiger partial charge in [-0.25, -0.2) is 0 Å². The van der Waals surface area contributed by atoms with E-state index in [0.29, 0.717) is 12.0 Å². The molecule has 2 nitrogen and oxygen atoms in total. The van der Waals surface area contributed by atoms with Crippen LogP contribution >= 0.6 is 0 Å². The lowest BCUT2D eigenvalue weighted by atomic mass is 10.0. The van der Waals surface area contributed by atoms with Gasteiger partial charge < -0.3 is 10.1 Å². The fourth-order valence-electron chi connectivity index (χ4n) is 2.02. The second-order valence-corrected chi connectivity index (χ2v) is 5.57. The summed E-state index contributed by atoms with van der Waals surface area (Å²) in [7, 11) is 0. The van der Waals surface area contributed by atoms with Gasteiger partial charge in [-0.3, -0.25) is 0 Å². The molecule has 1 N–H and O–H groups in total. The number of rotatable bonds is 9. The van der Waals surface area contributed by atoms with Crippen molar-refractivity contribution in [2.45, 2.75) is 58.9 Å². The van der Waals surface area contributed by atoms with E-state index in [2.05, 4.69) is 57.3 Å². The Balaban J connectivity index is 2.18. The van der Waals surface area contributed by atoms with Crippen LogP contribution < -0.4 is 10.1 Å². The Morgan fingerprint density at radius 2 is 1.79 bits per heavy atom. The largest absolute Gasteiger partial charge is 0.494 e. The third kappa shape index (κ3) is 6.63. The standard InChI is InChI=1S/C17H29NO/c1-5-12-18-15(4)7-6-13-19-17-10-8-16(9-11-17)14(2)3/h8-11,14-15,18H,5-7,12-13H2,1-4H3. The molecule has 1 aromatic rings. The van der Waals surface area contributed by atoms with E-state index in [4.69, 9.17) is 4.74 Å². The van der Waals surface area contributed by atoms with Gasteiger partial charge in [0, 0.05) is 6.04 Å². The van der Waals surface area contributed by atoms with Gasteiger partial charge >= 0.3 is 0 Å². The molecule has 0 saturated carbocycles. The van der Waals surface area contributed by atoms with Crippen molar-refractivity contribution in [3.05, 3.63) is 29.8 Å². The van der Waals surface area contributed by atoms with Gasteiger partial charge in [-0.2, -0.15) is 0 Å². The predicted molar refractivity (Wildman–Crippen MR) is 83.0 cm³/mol. The Labute approximate surface area is 118 Å². The first-order chi connectivity index (χ1) is 9.13. The molecule has 0 fully saturated rings. The molecule has 1 atom stereocenters. The molecule has 19 heavy (non-hydrogen) atoms. The lowest BCUT2D eigenvalue weighted by Crippen LogP contribution is -2.26. The van der Waals surface area contributed by atoms with Gasteiger partial charge in [0.05, 0.1) is 6.61 Å². The second-order valence-electron chi connectivity index (χ2n) is 5.57. The zero-order valence-corrected chi connectivity index (χ0v) is 12.9. The molecule has 0 aliphatic rings. The van der Waals surface area contributed by atoms with Crippen LogP contribution in [0.1, 0.15) is 58.4 Å². The fraction of sp³-hybridized carbons (Fsp3) is 0.647. The van der Waals surface area contributed by atoms with Crippen molar-refractivity contribution in [1.29, 1.82) is 0 Å². The topological polar surface area (TPSA) is 21.3 Å². The molecular weight excluding hydrogens is 234 g/mol. The maximum absolute atomic E-state index is 5.77. The Hall–Kier alpha value is -1.02. The first-order valence-corrected chi connectivity index (χ1v) is 7.59. The molecule has 0 aliphatic carbocycles. The molecule has 0 saturated heterocycles. The highest BCUT2D eigenvalue weighted by Crippen LogP contribution is 2.18. The summed E-state index contributed by atoms with van der Waals surface area (Å²) in [5.41, 5.74) is 1.37. The van der Waals surface area contributed by atoms with E-state index < -0.39 is 0 Å². The predicted octanol–water partition coefficient (Wildman–Crippen LogP) is 4.36. The van der Waals surface area contributed by atoms with Crippen molar-refractivity contribution in [2.75, 3.05) is 13.2 Å². The molecule has 1 unspecified atom stereocenters. The summed E-state index contributed by atoms with van der Waals surface area (Å²) in [5.74, 6) is 1.57. The van der Waals surface area contributed by atoms with E-state index in [-0.39, 0.29) is 0 Å². The van der Waals surface area contributed by atoms with Crippen molar-refractivity contribution in [3.8, 4) is 5.75 Å². The minimum atomic E-state index is 0.583. The van der Waals surface area contributed by atoms with Crippen LogP contribution in [-0.4, -0.2) is 19.2 Å². The van der Waals surface area contributed by atoms with Gasteiger partial charge in [-0.1, -0.05) is 32.9 Å². The lowest BCUT2D eigenvalue weighted by molar-refractivity contribution is 0.298. The minimum absolute atomic E-state index is 0.583. The summed E-state index contributed by atoms with van der Waals surface area (Å²) in [5, 5.41) is 3.50. The lowest BCUT2D eigenvalue weighted by Gasteiger charge is -2.13. The van der Waals surface area contributed by atoms with Crippen LogP contribution in [0.2, 0.25) is 0 Å². The Morgan fingerprint density at radius 1 is 1.11 bits per heavy atom. The van der Waals surface area contributed by atoms with Gasteiger partial charge in [0.1, 0.15) is 5.75 Å². The summed E-state index contributed by atoms with van der Waals surface area (Å²) < 4.78 is 5.77. The van der Waals surface area contributed by atoms with Crippen molar-refractivity contribution in [2.24, 2.45) is 0 Å². The molecule has 0 aliphatic heterocycles. The summed E-state index contributed by atoms with van der Waals surface area (Å²) >= 11 is 0. The van der Waals surface area contributed by atoms with E-state index >= 15 is 0 Å². The number of hydrogen-bond acceptors (Lipinski definition) is 2. The van der Waals surface area contributed by atoms with Gasteiger partial charge in [-0.15, -0.1) is 0 Å². The zero-order valence-electron chi connectivity index (χ0n) is 12.9. The molecular formula is C17H29NO. The maximum Gasteiger partial charge on any atom is 0.119 e. The van der Waals surface area contributed by atoms with Crippen LogP contribution in [0.4, 0.5) is 0 Å². The molecule has 0 spiro atoms. The Bertz CT molecular complexity index is 332. The number of benzene rings is 1. The molecule has 108 valence electrons. The van der Waals surface area contributed by atoms with Gasteiger partial charge in [0.2, 0.25) is 0 Å². The first kappa shape index (κ1) is 16.0. The molecule has 0 heterocycles. The molecule has 0 aromatic heterocycles. The summed E-state index contributed by atoms with van der Waals surface area (Å²) in [4.78, 5) is 0. The van der Waals surface area contributed by atoms with E-state index in [1.165, 1.54) is 18.4 Å². The Morgan fingerprint density at radius 3 is 2.37 bits per heavy atom. The monoisotopic (exact) mass is 263 g/mol. The summed E-state index contributed by atoms with van der Waals surface area (Å²) in [6.07, 6.45) is 3.47. The quantitative estimate of drug-likeness (QED) is 0.668. The first-order valence-electron chi connectivity index (χ1n) is 7.59. The van der Waals surface area contributed by atoms with Crippen molar-refractivity contribution in [1.82, 2.24) is 5.32 Å². The fourth-order valence-corrected chi connectivity index (χ4v) is 2.02. The van der Waals surface area contributed by atoms with Crippen molar-refractivity contribution < 1.29 is 4.74 Å². The van der Waals surface area contributed by atoms with E-state index in [1.54, 1.807) is 0 Å². The third-order valence-electron chi connectivity index (χ3n) is 3.34. The molecule has 1 rings (SSSR count). The summed E-state index contributed by atoms with van der Waals surface area (Å²) in [6, 6.07) is 9.06. The minimum Gasteiger partial charge on any atom is -0.494 e. The smallest absolute Gasteiger partial charge is 0.119 e. The average molecular weight is 263 g/mol. The number of nitrogens with one attached hydrogen (secondary N) is 1. The van der Waals surface area contributed by atoms with Crippen molar-refractivity contribution in [3.63, 3.8) is 0 Å². The Kier molecular flexibility index (Phi) is 7.57. The number of hydrogen-bond donors (Lipinski definition) is 1. The van der Waals surface area contributed by atoms with Gasteiger partial charge in [-0.05, 0) is 56.3 Å². The van der Waals surface area contributed by atoms with Crippen LogP contribution in [0.5, 0.6) is 5.75 Å². The third-order valence-corrected chi connectivity index (χ3v) is 3.34. The van der Waals surface area contributed by atoms with Crippen LogP contribution in [-0.2, 0) is 0 Å². The molecule has 2 heteroatoms. The van der Waals surface area contributed by atoms with Gasteiger partial charge in [0.25, 0.3) is 0 Å². The SMILES string of the molecule is CCCNC(C)CCCOc1ccc(C(C)C)cc1. The molecule has 0 amide bonds. The average Bonchev–Trinajstić information content (AvgIpc) is 2.41. The van der Waals surface area contributed by atoms with Crippen LogP contribution in [0.15, 0.2) is 24.3 Å². The van der Waals surface area contributed by atoms with Crippen LogP contribution in [0.25, 0.3) is 0 Å². The van der Waals surface area contributed by atoms with E-state index in [0.717, 1.165) is 25.3 Å². The zero-order chi connectivity index (χ0) is 14.1. The second kappa shape index (κ2) is 8.98. The molecule has 0 bridgehead atoms. The van der Waals surface area contributed by atoms with Crippen LogP contribution in [0.3, 0.4) is 0 Å². The molecule has 1 aromatic carbocycles. The highest BCUT2D eigenvalue weighted by atomic mass is 16.5. The van der Waals surface area contributed by atoms with Crippen molar-refractivity contribution >= 4 is 0 Å². The maximum atomic E-state index is 5.77. The van der Waals surface area contributed by atoms with Crippen LogP contribution in [0, 0.1) is 0 Å². The molecule has 0 radical (unpaired) electrons. The normalized spacial score (nSPS) is 12.7. The van der Waals surface area contributed by atoms with E-state index in [9.17, 15) is 0 Å².